The molecule has 2 heteroatoms. The number of hydrogen-bond donors (Lipinski definition) is 1. The van der Waals surface area contributed by atoms with E-state index in [0.717, 1.165) is 38.9 Å². The zero-order chi connectivity index (χ0) is 14.8. The monoisotopic (exact) mass is 275 g/mol. The maximum Gasteiger partial charge on any atom is 0.0712 e. The average Bonchev–Trinajstić information content (AvgIpc) is 2.39. The molecule has 2 nitrogen and oxygen atoms in total. The Balaban J connectivity index is 2.00. The van der Waals surface area contributed by atoms with Crippen LogP contribution in [0, 0.1) is 0 Å². The van der Waals surface area contributed by atoms with E-state index in [1.807, 2.05) is 0 Å². The van der Waals surface area contributed by atoms with Crippen LogP contribution in [0.4, 0.5) is 0 Å². The van der Waals surface area contributed by atoms with Gasteiger partial charge in [0.1, 0.15) is 0 Å². The van der Waals surface area contributed by atoms with Crippen molar-refractivity contribution in [2.24, 2.45) is 0 Å². The molecule has 1 aromatic carbocycles. The van der Waals surface area contributed by atoms with Gasteiger partial charge < -0.3 is 10.0 Å². The summed E-state index contributed by atoms with van der Waals surface area (Å²) >= 11 is 0. The van der Waals surface area contributed by atoms with E-state index in [-0.39, 0.29) is 5.41 Å². The van der Waals surface area contributed by atoms with E-state index in [1.54, 1.807) is 0 Å². The van der Waals surface area contributed by atoms with Gasteiger partial charge in [-0.15, -0.1) is 0 Å². The van der Waals surface area contributed by atoms with E-state index in [0.29, 0.717) is 0 Å². The third-order valence-corrected chi connectivity index (χ3v) is 4.59. The maximum atomic E-state index is 10.7. The van der Waals surface area contributed by atoms with E-state index in [4.69, 9.17) is 0 Å². The van der Waals surface area contributed by atoms with Crippen LogP contribution in [0.3, 0.4) is 0 Å². The fourth-order valence-corrected chi connectivity index (χ4v) is 2.96. The number of hydrogen-bond acceptors (Lipinski definition) is 2. The summed E-state index contributed by atoms with van der Waals surface area (Å²) in [6.45, 7) is 12.0. The number of piperidine rings is 1. The summed E-state index contributed by atoms with van der Waals surface area (Å²) in [4.78, 5) is 2.41. The minimum absolute atomic E-state index is 0.196. The molecule has 112 valence electrons. The lowest BCUT2D eigenvalue weighted by molar-refractivity contribution is -0.0194. The van der Waals surface area contributed by atoms with Crippen molar-refractivity contribution in [3.8, 4) is 0 Å². The van der Waals surface area contributed by atoms with Crippen LogP contribution in [0.25, 0.3) is 0 Å². The zero-order valence-corrected chi connectivity index (χ0v) is 13.4. The van der Waals surface area contributed by atoms with Crippen LogP contribution >= 0.6 is 0 Å². The maximum absolute atomic E-state index is 10.7. The van der Waals surface area contributed by atoms with Gasteiger partial charge in [-0.05, 0) is 35.9 Å². The minimum Gasteiger partial charge on any atom is -0.389 e. The SMILES string of the molecule is CCN1CCC(O)(Cc2ccc(C(C)(C)C)cc2)CC1. The molecule has 1 aliphatic rings. The molecule has 0 aliphatic carbocycles. The molecule has 1 aromatic rings. The molecular formula is C18H29NO. The first kappa shape index (κ1) is 15.5. The molecule has 1 fully saturated rings. The van der Waals surface area contributed by atoms with Crippen LogP contribution in [0.1, 0.15) is 51.7 Å². The molecule has 0 radical (unpaired) electrons. The lowest BCUT2D eigenvalue weighted by atomic mass is 9.83. The molecule has 0 bridgehead atoms. The Morgan fingerprint density at radius 3 is 2.10 bits per heavy atom. The molecule has 0 unspecified atom stereocenters. The van der Waals surface area contributed by atoms with Crippen molar-refractivity contribution in [2.75, 3.05) is 19.6 Å². The van der Waals surface area contributed by atoms with Crippen LogP contribution < -0.4 is 0 Å². The normalized spacial score (nSPS) is 20.1. The van der Waals surface area contributed by atoms with Crippen LogP contribution in [0.5, 0.6) is 0 Å². The predicted octanol–water partition coefficient (Wildman–Crippen LogP) is 3.37. The first-order valence-corrected chi connectivity index (χ1v) is 7.86. The fourth-order valence-electron chi connectivity index (χ4n) is 2.96. The van der Waals surface area contributed by atoms with E-state index < -0.39 is 5.60 Å². The summed E-state index contributed by atoms with van der Waals surface area (Å²) in [5.74, 6) is 0. The summed E-state index contributed by atoms with van der Waals surface area (Å²) in [6, 6.07) is 8.79. The number of likely N-dealkylation sites (tertiary alicyclic amines) is 1. The van der Waals surface area contributed by atoms with Gasteiger partial charge in [0.05, 0.1) is 5.60 Å². The van der Waals surface area contributed by atoms with Gasteiger partial charge in [0.25, 0.3) is 0 Å². The van der Waals surface area contributed by atoms with Crippen LogP contribution in [0.2, 0.25) is 0 Å². The molecule has 0 spiro atoms. The van der Waals surface area contributed by atoms with Gasteiger partial charge in [0.15, 0.2) is 0 Å². The number of nitrogens with zero attached hydrogens (tertiary/aromatic N) is 1. The second kappa shape index (κ2) is 5.87. The summed E-state index contributed by atoms with van der Waals surface area (Å²) in [7, 11) is 0. The van der Waals surface area contributed by atoms with Crippen LogP contribution in [-0.4, -0.2) is 35.2 Å². The lowest BCUT2D eigenvalue weighted by Gasteiger charge is -2.38. The van der Waals surface area contributed by atoms with Crippen molar-refractivity contribution in [3.63, 3.8) is 0 Å². The second-order valence-corrected chi connectivity index (χ2v) is 7.28. The third kappa shape index (κ3) is 3.83. The van der Waals surface area contributed by atoms with Gasteiger partial charge in [-0.1, -0.05) is 52.0 Å². The van der Waals surface area contributed by atoms with E-state index in [1.165, 1.54) is 11.1 Å². The van der Waals surface area contributed by atoms with Crippen LogP contribution in [-0.2, 0) is 11.8 Å². The number of rotatable bonds is 3. The molecule has 1 heterocycles. The van der Waals surface area contributed by atoms with E-state index in [9.17, 15) is 5.11 Å². The van der Waals surface area contributed by atoms with Crippen LogP contribution in [0.15, 0.2) is 24.3 Å². The molecule has 2 rings (SSSR count). The van der Waals surface area contributed by atoms with E-state index in [2.05, 4.69) is 56.9 Å². The Morgan fingerprint density at radius 1 is 1.10 bits per heavy atom. The molecular weight excluding hydrogens is 246 g/mol. The van der Waals surface area contributed by atoms with Crippen molar-refractivity contribution in [2.45, 2.75) is 58.0 Å². The molecule has 0 saturated carbocycles. The Hall–Kier alpha value is -0.860. The Kier molecular flexibility index (Phi) is 4.55. The highest BCUT2D eigenvalue weighted by molar-refractivity contribution is 5.28. The number of aliphatic hydroxyl groups is 1. The highest BCUT2D eigenvalue weighted by atomic mass is 16.3. The fraction of sp³-hybridized carbons (Fsp3) is 0.667. The highest BCUT2D eigenvalue weighted by Gasteiger charge is 2.31. The largest absolute Gasteiger partial charge is 0.389 e. The second-order valence-electron chi connectivity index (χ2n) is 7.28. The highest BCUT2D eigenvalue weighted by Crippen LogP contribution is 2.28. The van der Waals surface area contributed by atoms with Crippen molar-refractivity contribution in [1.82, 2.24) is 4.90 Å². The van der Waals surface area contributed by atoms with E-state index >= 15 is 0 Å². The average molecular weight is 275 g/mol. The summed E-state index contributed by atoms with van der Waals surface area (Å²) < 4.78 is 0. The lowest BCUT2D eigenvalue weighted by Crippen LogP contribution is -2.45. The predicted molar refractivity (Wildman–Crippen MR) is 85.1 cm³/mol. The van der Waals surface area contributed by atoms with Crippen molar-refractivity contribution >= 4 is 0 Å². The third-order valence-electron chi connectivity index (χ3n) is 4.59. The topological polar surface area (TPSA) is 23.5 Å². The van der Waals surface area contributed by atoms with Gasteiger partial charge in [0, 0.05) is 19.5 Å². The first-order valence-electron chi connectivity index (χ1n) is 7.86. The molecule has 20 heavy (non-hydrogen) atoms. The zero-order valence-electron chi connectivity index (χ0n) is 13.4. The van der Waals surface area contributed by atoms with Gasteiger partial charge in [0.2, 0.25) is 0 Å². The Labute approximate surface area is 123 Å². The first-order chi connectivity index (χ1) is 9.32. The van der Waals surface area contributed by atoms with Crippen molar-refractivity contribution < 1.29 is 5.11 Å². The molecule has 0 atom stereocenters. The molecule has 1 aliphatic heterocycles. The Bertz CT molecular complexity index is 422. The quantitative estimate of drug-likeness (QED) is 0.914. The van der Waals surface area contributed by atoms with Gasteiger partial charge in [-0.2, -0.15) is 0 Å². The van der Waals surface area contributed by atoms with Gasteiger partial charge in [-0.3, -0.25) is 0 Å². The van der Waals surface area contributed by atoms with Crippen molar-refractivity contribution in [3.05, 3.63) is 35.4 Å². The molecule has 0 aromatic heterocycles. The molecule has 1 N–H and O–H groups in total. The molecule has 1 saturated heterocycles. The Morgan fingerprint density at radius 2 is 1.65 bits per heavy atom. The van der Waals surface area contributed by atoms with Gasteiger partial charge >= 0.3 is 0 Å². The number of benzene rings is 1. The summed E-state index contributed by atoms with van der Waals surface area (Å²) in [6.07, 6.45) is 2.57. The summed E-state index contributed by atoms with van der Waals surface area (Å²) in [5, 5.41) is 10.7. The smallest absolute Gasteiger partial charge is 0.0712 e. The van der Waals surface area contributed by atoms with Gasteiger partial charge in [-0.25, -0.2) is 0 Å². The summed E-state index contributed by atoms with van der Waals surface area (Å²) in [5.41, 5.74) is 2.30. The minimum atomic E-state index is -0.505. The van der Waals surface area contributed by atoms with Crippen molar-refractivity contribution in [1.29, 1.82) is 0 Å². The standard InChI is InChI=1S/C18H29NO/c1-5-19-12-10-18(20,11-13-19)14-15-6-8-16(9-7-15)17(2,3)4/h6-9,20H,5,10-14H2,1-4H3. The molecule has 0 amide bonds.